The molecule has 0 radical (unpaired) electrons. The van der Waals surface area contributed by atoms with Crippen LogP contribution in [0.1, 0.15) is 25.3 Å². The Balaban J connectivity index is 0.00000338. The van der Waals surface area contributed by atoms with Crippen LogP contribution in [0.15, 0.2) is 23.2 Å². The van der Waals surface area contributed by atoms with Crippen LogP contribution in [-0.2, 0) is 11.3 Å². The maximum atomic E-state index is 14.1. The van der Waals surface area contributed by atoms with Crippen LogP contribution in [0.5, 0.6) is 0 Å². The standard InChI is InChI=1S/C19H31FN4O.HI/c1-5-21-19(24(4)10-11-25-14-15-6-7-15)22-13-16-8-9-18(23(2)3)17(20)12-16;/h8-9,12,15H,5-7,10-11,13-14H2,1-4H3,(H,21,22);1H. The van der Waals surface area contributed by atoms with Crippen LogP contribution in [-0.4, -0.2) is 58.3 Å². The molecule has 2 rings (SSSR count). The van der Waals surface area contributed by atoms with Crippen molar-refractivity contribution in [2.45, 2.75) is 26.3 Å². The first-order chi connectivity index (χ1) is 12.0. The number of ether oxygens (including phenoxy) is 1. The Morgan fingerprint density at radius 2 is 2.04 bits per heavy atom. The van der Waals surface area contributed by atoms with Crippen LogP contribution in [0.4, 0.5) is 10.1 Å². The van der Waals surface area contributed by atoms with Gasteiger partial charge in [0.25, 0.3) is 0 Å². The molecule has 0 unspecified atom stereocenters. The summed E-state index contributed by atoms with van der Waals surface area (Å²) in [5, 5.41) is 3.28. The van der Waals surface area contributed by atoms with Gasteiger partial charge in [-0.2, -0.15) is 0 Å². The summed E-state index contributed by atoms with van der Waals surface area (Å²) < 4.78 is 19.8. The number of rotatable bonds is 9. The highest BCUT2D eigenvalue weighted by molar-refractivity contribution is 14.0. The first-order valence-corrected chi connectivity index (χ1v) is 9.04. The van der Waals surface area contributed by atoms with Crippen molar-refractivity contribution in [1.82, 2.24) is 10.2 Å². The molecule has 0 atom stereocenters. The van der Waals surface area contributed by atoms with Gasteiger partial charge in [0.05, 0.1) is 18.8 Å². The Morgan fingerprint density at radius 3 is 2.62 bits per heavy atom. The monoisotopic (exact) mass is 478 g/mol. The van der Waals surface area contributed by atoms with E-state index in [-0.39, 0.29) is 29.8 Å². The SMILES string of the molecule is CCNC(=NCc1ccc(N(C)C)c(F)c1)N(C)CCOCC1CC1.I. The van der Waals surface area contributed by atoms with Gasteiger partial charge >= 0.3 is 0 Å². The van der Waals surface area contributed by atoms with Crippen molar-refractivity contribution in [2.24, 2.45) is 10.9 Å². The van der Waals surface area contributed by atoms with Gasteiger partial charge in [-0.3, -0.25) is 0 Å². The Bertz CT molecular complexity index is 579. The van der Waals surface area contributed by atoms with Gasteiger partial charge in [0, 0.05) is 40.8 Å². The number of likely N-dealkylation sites (N-methyl/N-ethyl adjacent to an activating group) is 1. The van der Waals surface area contributed by atoms with Crippen molar-refractivity contribution in [1.29, 1.82) is 0 Å². The number of hydrogen-bond acceptors (Lipinski definition) is 3. The Hall–Kier alpha value is -1.09. The molecule has 7 heteroatoms. The minimum Gasteiger partial charge on any atom is -0.379 e. The minimum atomic E-state index is -0.218. The summed E-state index contributed by atoms with van der Waals surface area (Å²) >= 11 is 0. The number of nitrogens with zero attached hydrogens (tertiary/aromatic N) is 3. The van der Waals surface area contributed by atoms with E-state index in [1.54, 1.807) is 17.0 Å². The predicted molar refractivity (Wildman–Crippen MR) is 117 cm³/mol. The molecule has 1 aliphatic rings. The van der Waals surface area contributed by atoms with Gasteiger partial charge in [-0.05, 0) is 43.4 Å². The Morgan fingerprint density at radius 1 is 1.31 bits per heavy atom. The molecule has 0 spiro atoms. The molecule has 1 fully saturated rings. The summed E-state index contributed by atoms with van der Waals surface area (Å²) in [7, 11) is 5.66. The molecule has 0 saturated heterocycles. The molecule has 0 amide bonds. The minimum absolute atomic E-state index is 0. The second-order valence-corrected chi connectivity index (χ2v) is 6.79. The van der Waals surface area contributed by atoms with Crippen LogP contribution in [0.2, 0.25) is 0 Å². The summed E-state index contributed by atoms with van der Waals surface area (Å²) in [6.45, 7) is 5.63. The fourth-order valence-corrected chi connectivity index (χ4v) is 2.49. The lowest BCUT2D eigenvalue weighted by Crippen LogP contribution is -2.40. The van der Waals surface area contributed by atoms with Crippen LogP contribution in [0.25, 0.3) is 0 Å². The van der Waals surface area contributed by atoms with E-state index in [0.29, 0.717) is 18.8 Å². The van der Waals surface area contributed by atoms with Gasteiger partial charge in [0.2, 0.25) is 0 Å². The van der Waals surface area contributed by atoms with E-state index < -0.39 is 0 Å². The van der Waals surface area contributed by atoms with Gasteiger partial charge in [0.15, 0.2) is 5.96 Å². The van der Waals surface area contributed by atoms with Crippen molar-refractivity contribution in [3.05, 3.63) is 29.6 Å². The maximum absolute atomic E-state index is 14.1. The smallest absolute Gasteiger partial charge is 0.194 e. The average molecular weight is 478 g/mol. The fourth-order valence-electron chi connectivity index (χ4n) is 2.49. The largest absolute Gasteiger partial charge is 0.379 e. The van der Waals surface area contributed by atoms with E-state index in [1.807, 2.05) is 34.1 Å². The van der Waals surface area contributed by atoms with Crippen LogP contribution in [0, 0.1) is 11.7 Å². The quantitative estimate of drug-likeness (QED) is 0.256. The van der Waals surface area contributed by atoms with Crippen LogP contribution >= 0.6 is 24.0 Å². The van der Waals surface area contributed by atoms with Crippen molar-refractivity contribution >= 4 is 35.6 Å². The fraction of sp³-hybridized carbons (Fsp3) is 0.632. The molecule has 26 heavy (non-hydrogen) atoms. The number of hydrogen-bond donors (Lipinski definition) is 1. The van der Waals surface area contributed by atoms with Gasteiger partial charge in [-0.25, -0.2) is 9.38 Å². The zero-order valence-electron chi connectivity index (χ0n) is 16.3. The highest BCUT2D eigenvalue weighted by atomic mass is 127. The molecular formula is C19H32FIN4O. The number of nitrogens with one attached hydrogen (secondary N) is 1. The van der Waals surface area contributed by atoms with Crippen LogP contribution < -0.4 is 10.2 Å². The summed E-state index contributed by atoms with van der Waals surface area (Å²) in [4.78, 5) is 8.44. The van der Waals surface area contributed by atoms with E-state index in [1.165, 1.54) is 12.8 Å². The third-order valence-corrected chi connectivity index (χ3v) is 4.22. The molecule has 1 aliphatic carbocycles. The highest BCUT2D eigenvalue weighted by Crippen LogP contribution is 2.28. The van der Waals surface area contributed by atoms with Gasteiger partial charge in [0.1, 0.15) is 5.82 Å². The Labute approximate surface area is 174 Å². The lowest BCUT2D eigenvalue weighted by Gasteiger charge is -2.22. The first-order valence-electron chi connectivity index (χ1n) is 9.04. The third kappa shape index (κ3) is 7.65. The zero-order chi connectivity index (χ0) is 18.2. The van der Waals surface area contributed by atoms with Crippen molar-refractivity contribution in [2.75, 3.05) is 52.3 Å². The lowest BCUT2D eigenvalue weighted by molar-refractivity contribution is 0.115. The summed E-state index contributed by atoms with van der Waals surface area (Å²) in [6, 6.07) is 5.27. The molecule has 1 aromatic carbocycles. The van der Waals surface area contributed by atoms with E-state index in [4.69, 9.17) is 4.74 Å². The predicted octanol–water partition coefficient (Wildman–Crippen LogP) is 3.33. The number of anilines is 1. The van der Waals surface area contributed by atoms with Gasteiger partial charge < -0.3 is 19.9 Å². The lowest BCUT2D eigenvalue weighted by atomic mass is 10.2. The van der Waals surface area contributed by atoms with Crippen molar-refractivity contribution in [3.63, 3.8) is 0 Å². The van der Waals surface area contributed by atoms with E-state index >= 15 is 0 Å². The van der Waals surface area contributed by atoms with Crippen molar-refractivity contribution < 1.29 is 9.13 Å². The molecule has 0 aliphatic heterocycles. The summed E-state index contributed by atoms with van der Waals surface area (Å²) in [5.41, 5.74) is 1.45. The van der Waals surface area contributed by atoms with E-state index in [2.05, 4.69) is 15.2 Å². The number of aliphatic imine (C=N–C) groups is 1. The molecular weight excluding hydrogens is 446 g/mol. The average Bonchev–Trinajstić information content (AvgIpc) is 3.39. The highest BCUT2D eigenvalue weighted by Gasteiger charge is 2.21. The molecule has 1 saturated carbocycles. The molecule has 0 heterocycles. The molecule has 5 nitrogen and oxygen atoms in total. The van der Waals surface area contributed by atoms with Crippen molar-refractivity contribution in [3.8, 4) is 0 Å². The zero-order valence-corrected chi connectivity index (χ0v) is 18.6. The van der Waals surface area contributed by atoms with E-state index in [9.17, 15) is 4.39 Å². The normalized spacial score (nSPS) is 14.0. The molecule has 0 aromatic heterocycles. The molecule has 0 bridgehead atoms. The molecule has 1 aromatic rings. The van der Waals surface area contributed by atoms with Gasteiger partial charge in [-0.15, -0.1) is 24.0 Å². The van der Waals surface area contributed by atoms with Gasteiger partial charge in [-0.1, -0.05) is 6.07 Å². The maximum Gasteiger partial charge on any atom is 0.194 e. The van der Waals surface area contributed by atoms with Crippen LogP contribution in [0.3, 0.4) is 0 Å². The number of benzene rings is 1. The topological polar surface area (TPSA) is 40.1 Å². The van der Waals surface area contributed by atoms with E-state index in [0.717, 1.165) is 37.1 Å². The Kier molecular flexibility index (Phi) is 10.2. The summed E-state index contributed by atoms with van der Waals surface area (Å²) in [5.74, 6) is 1.38. The summed E-state index contributed by atoms with van der Waals surface area (Å²) in [6.07, 6.45) is 2.62. The second-order valence-electron chi connectivity index (χ2n) is 6.79. The molecule has 148 valence electrons. The number of halogens is 2. The number of guanidine groups is 1. The second kappa shape index (κ2) is 11.6. The third-order valence-electron chi connectivity index (χ3n) is 4.22. The molecule has 1 N–H and O–H groups in total. The first kappa shape index (κ1) is 23.0.